The van der Waals surface area contributed by atoms with Crippen LogP contribution in [0.3, 0.4) is 0 Å². The molecule has 8 nitrogen and oxygen atoms in total. The summed E-state index contributed by atoms with van der Waals surface area (Å²) in [5, 5.41) is 6.35. The van der Waals surface area contributed by atoms with Gasteiger partial charge >= 0.3 is 0 Å². The summed E-state index contributed by atoms with van der Waals surface area (Å²) in [6, 6.07) is 19.5. The number of hydrogen-bond acceptors (Lipinski definition) is 6. The van der Waals surface area contributed by atoms with Gasteiger partial charge in [0.15, 0.2) is 0 Å². The van der Waals surface area contributed by atoms with E-state index in [1.165, 1.54) is 0 Å². The fourth-order valence-corrected chi connectivity index (χ4v) is 3.97. The van der Waals surface area contributed by atoms with E-state index in [9.17, 15) is 9.59 Å². The molecule has 1 aliphatic heterocycles. The zero-order chi connectivity index (χ0) is 23.3. The Morgan fingerprint density at radius 3 is 2.26 bits per heavy atom. The Kier molecular flexibility index (Phi) is 6.38. The lowest BCUT2D eigenvalue weighted by molar-refractivity contribution is 0.0746. The summed E-state index contributed by atoms with van der Waals surface area (Å²) < 4.78 is 0. The van der Waals surface area contributed by atoms with Crippen molar-refractivity contribution >= 4 is 23.6 Å². The van der Waals surface area contributed by atoms with Crippen LogP contribution in [0.5, 0.6) is 0 Å². The minimum Gasteiger partial charge on any atom is -0.367 e. The molecule has 3 aromatic rings. The highest BCUT2D eigenvalue weighted by atomic mass is 16.2. The maximum Gasteiger partial charge on any atom is 0.256 e. The van der Waals surface area contributed by atoms with Gasteiger partial charge in [-0.25, -0.2) is 4.98 Å². The van der Waals surface area contributed by atoms with Crippen molar-refractivity contribution in [3.63, 3.8) is 0 Å². The summed E-state index contributed by atoms with van der Waals surface area (Å²) in [5.41, 5.74) is 2.19. The summed E-state index contributed by atoms with van der Waals surface area (Å²) in [6.45, 7) is 2.92. The van der Waals surface area contributed by atoms with Crippen LogP contribution >= 0.6 is 0 Å². The quantitative estimate of drug-likeness (QED) is 0.568. The first-order valence-electron chi connectivity index (χ1n) is 11.7. The van der Waals surface area contributed by atoms with Crippen LogP contribution < -0.4 is 15.5 Å². The Balaban J connectivity index is 1.25. The van der Waals surface area contributed by atoms with E-state index < -0.39 is 0 Å². The molecule has 1 saturated carbocycles. The maximum absolute atomic E-state index is 12.9. The van der Waals surface area contributed by atoms with E-state index in [-0.39, 0.29) is 11.8 Å². The molecule has 2 amide bonds. The first-order chi connectivity index (χ1) is 16.7. The van der Waals surface area contributed by atoms with E-state index in [2.05, 4.69) is 20.5 Å². The van der Waals surface area contributed by atoms with Crippen molar-refractivity contribution in [2.75, 3.05) is 36.4 Å². The summed E-state index contributed by atoms with van der Waals surface area (Å²) >= 11 is 0. The van der Waals surface area contributed by atoms with Gasteiger partial charge in [-0.3, -0.25) is 9.59 Å². The highest BCUT2D eigenvalue weighted by Gasteiger charge is 2.27. The third-order valence-corrected chi connectivity index (χ3v) is 6.11. The van der Waals surface area contributed by atoms with Gasteiger partial charge in [-0.15, -0.1) is 0 Å². The van der Waals surface area contributed by atoms with Gasteiger partial charge in [0.2, 0.25) is 5.95 Å². The number of aromatic nitrogens is 2. The van der Waals surface area contributed by atoms with Crippen molar-refractivity contribution < 1.29 is 9.59 Å². The van der Waals surface area contributed by atoms with Crippen LogP contribution in [0.15, 0.2) is 66.9 Å². The SMILES string of the molecule is O=C(NCc1ccccc1)c1cnc(N2CCN(C(=O)c3ccccc3)CC2)nc1NC1CC1. The number of amides is 2. The molecule has 0 spiro atoms. The number of anilines is 2. The highest BCUT2D eigenvalue weighted by Crippen LogP contribution is 2.27. The number of nitrogens with one attached hydrogen (secondary N) is 2. The molecule has 2 N–H and O–H groups in total. The van der Waals surface area contributed by atoms with Crippen LogP contribution in [0, 0.1) is 0 Å². The van der Waals surface area contributed by atoms with Crippen LogP contribution in [-0.4, -0.2) is 58.9 Å². The number of hydrogen-bond donors (Lipinski definition) is 2. The van der Waals surface area contributed by atoms with E-state index in [0.29, 0.717) is 61.7 Å². The predicted molar refractivity (Wildman–Crippen MR) is 131 cm³/mol. The molecule has 2 aromatic carbocycles. The molecule has 1 saturated heterocycles. The second kappa shape index (κ2) is 9.91. The average Bonchev–Trinajstić information content (AvgIpc) is 3.72. The van der Waals surface area contributed by atoms with Crippen molar-refractivity contribution in [3.05, 3.63) is 83.6 Å². The molecule has 0 bridgehead atoms. The maximum atomic E-state index is 12.9. The van der Waals surface area contributed by atoms with Crippen molar-refractivity contribution in [3.8, 4) is 0 Å². The minimum absolute atomic E-state index is 0.0442. The third-order valence-electron chi connectivity index (χ3n) is 6.11. The Hall–Kier alpha value is -3.94. The monoisotopic (exact) mass is 456 g/mol. The molecular weight excluding hydrogens is 428 g/mol. The number of benzene rings is 2. The summed E-state index contributed by atoms with van der Waals surface area (Å²) in [6.07, 6.45) is 3.75. The molecule has 0 atom stereocenters. The normalized spacial score (nSPS) is 15.6. The van der Waals surface area contributed by atoms with Gasteiger partial charge in [0.05, 0.1) is 0 Å². The molecule has 2 aliphatic rings. The zero-order valence-corrected chi connectivity index (χ0v) is 19.0. The van der Waals surface area contributed by atoms with Crippen LogP contribution in [0.1, 0.15) is 39.1 Å². The van der Waals surface area contributed by atoms with E-state index in [1.54, 1.807) is 6.20 Å². The molecule has 2 heterocycles. The second-order valence-electron chi connectivity index (χ2n) is 8.66. The Morgan fingerprint density at radius 2 is 1.59 bits per heavy atom. The first kappa shape index (κ1) is 21.9. The number of carbonyl (C=O) groups excluding carboxylic acids is 2. The lowest BCUT2D eigenvalue weighted by Gasteiger charge is -2.35. The highest BCUT2D eigenvalue weighted by molar-refractivity contribution is 5.98. The van der Waals surface area contributed by atoms with Gasteiger partial charge in [0.1, 0.15) is 11.4 Å². The van der Waals surface area contributed by atoms with Gasteiger partial charge in [0, 0.05) is 50.5 Å². The average molecular weight is 457 g/mol. The van der Waals surface area contributed by atoms with E-state index in [1.807, 2.05) is 65.6 Å². The molecular formula is C26H28N6O2. The topological polar surface area (TPSA) is 90.5 Å². The second-order valence-corrected chi connectivity index (χ2v) is 8.66. The molecule has 8 heteroatoms. The lowest BCUT2D eigenvalue weighted by Crippen LogP contribution is -2.49. The third kappa shape index (κ3) is 5.17. The van der Waals surface area contributed by atoms with E-state index in [4.69, 9.17) is 4.98 Å². The number of nitrogens with zero attached hydrogens (tertiary/aromatic N) is 4. The molecule has 1 aromatic heterocycles. The number of rotatable bonds is 7. The van der Waals surface area contributed by atoms with Gasteiger partial charge in [-0.05, 0) is 30.5 Å². The predicted octanol–water partition coefficient (Wildman–Crippen LogP) is 2.94. The van der Waals surface area contributed by atoms with Crippen molar-refractivity contribution in [2.45, 2.75) is 25.4 Å². The van der Waals surface area contributed by atoms with E-state index >= 15 is 0 Å². The Bertz CT molecular complexity index is 1140. The van der Waals surface area contributed by atoms with Crippen molar-refractivity contribution in [1.29, 1.82) is 0 Å². The van der Waals surface area contributed by atoms with Crippen molar-refractivity contribution in [2.24, 2.45) is 0 Å². The van der Waals surface area contributed by atoms with Crippen LogP contribution in [-0.2, 0) is 6.54 Å². The molecule has 0 radical (unpaired) electrons. The Labute approximate surface area is 199 Å². The molecule has 174 valence electrons. The van der Waals surface area contributed by atoms with E-state index in [0.717, 1.165) is 18.4 Å². The molecule has 2 fully saturated rings. The van der Waals surface area contributed by atoms with Gasteiger partial charge in [-0.2, -0.15) is 4.98 Å². The Morgan fingerprint density at radius 1 is 0.912 bits per heavy atom. The number of piperazine rings is 1. The first-order valence-corrected chi connectivity index (χ1v) is 11.7. The zero-order valence-electron chi connectivity index (χ0n) is 19.0. The molecule has 34 heavy (non-hydrogen) atoms. The molecule has 0 unspecified atom stereocenters. The van der Waals surface area contributed by atoms with Gasteiger partial charge < -0.3 is 20.4 Å². The fourth-order valence-electron chi connectivity index (χ4n) is 3.97. The summed E-state index contributed by atoms with van der Waals surface area (Å²) in [4.78, 5) is 38.8. The van der Waals surface area contributed by atoms with Gasteiger partial charge in [-0.1, -0.05) is 48.5 Å². The minimum atomic E-state index is -0.197. The summed E-state index contributed by atoms with van der Waals surface area (Å²) in [7, 11) is 0. The number of carbonyl (C=O) groups is 2. The largest absolute Gasteiger partial charge is 0.367 e. The lowest BCUT2D eigenvalue weighted by atomic mass is 10.2. The molecule has 1 aliphatic carbocycles. The molecule has 5 rings (SSSR count). The van der Waals surface area contributed by atoms with Crippen LogP contribution in [0.25, 0.3) is 0 Å². The van der Waals surface area contributed by atoms with Crippen molar-refractivity contribution in [1.82, 2.24) is 20.2 Å². The smallest absolute Gasteiger partial charge is 0.256 e. The summed E-state index contributed by atoms with van der Waals surface area (Å²) in [5.74, 6) is 0.995. The fraction of sp³-hybridized carbons (Fsp3) is 0.308. The van der Waals surface area contributed by atoms with Crippen LogP contribution in [0.4, 0.5) is 11.8 Å². The van der Waals surface area contributed by atoms with Gasteiger partial charge in [0.25, 0.3) is 11.8 Å². The van der Waals surface area contributed by atoms with Crippen LogP contribution in [0.2, 0.25) is 0 Å². The standard InChI is InChI=1S/C26H28N6O2/c33-24(27-17-19-7-3-1-4-8-19)22-18-28-26(30-23(22)29-21-11-12-21)32-15-13-31(14-16-32)25(34)20-9-5-2-6-10-20/h1-10,18,21H,11-17H2,(H,27,33)(H,28,29,30).